The molecule has 0 radical (unpaired) electrons. The number of benzene rings is 1. The lowest BCUT2D eigenvalue weighted by Crippen LogP contribution is -1.98. The maximum atomic E-state index is 11.9. The summed E-state index contributed by atoms with van der Waals surface area (Å²) in [5, 5.41) is 9.43. The molecular weight excluding hydrogens is 244 g/mol. The quantitative estimate of drug-likeness (QED) is 0.609. The lowest BCUT2D eigenvalue weighted by atomic mass is 10.1. The molecule has 0 unspecified atom stereocenters. The highest BCUT2D eigenvalue weighted by Crippen LogP contribution is 2.20. The van der Waals surface area contributed by atoms with Gasteiger partial charge in [0.15, 0.2) is 11.5 Å². The lowest BCUT2D eigenvalue weighted by Gasteiger charge is -1.97. The second-order valence-corrected chi connectivity index (χ2v) is 4.53. The first-order valence-corrected chi connectivity index (χ1v) is 6.40. The first-order chi connectivity index (χ1) is 9.16. The average Bonchev–Trinajstić information content (AvgIpc) is 2.81. The zero-order valence-corrected chi connectivity index (χ0v) is 10.6. The van der Waals surface area contributed by atoms with Crippen LogP contribution in [0.4, 0.5) is 0 Å². The van der Waals surface area contributed by atoms with Gasteiger partial charge in [-0.05, 0) is 25.0 Å². The Hall–Kier alpha value is -2.10. The lowest BCUT2D eigenvalue weighted by molar-refractivity contribution is -0.137. The number of furan rings is 1. The number of carbonyl (C=O) groups excluding carboxylic acids is 1. The molecule has 2 aromatic rings. The van der Waals surface area contributed by atoms with Crippen molar-refractivity contribution in [3.05, 3.63) is 36.1 Å². The zero-order chi connectivity index (χ0) is 13.7. The fourth-order valence-electron chi connectivity index (χ4n) is 1.98. The van der Waals surface area contributed by atoms with E-state index < -0.39 is 5.97 Å². The molecule has 0 spiro atoms. The van der Waals surface area contributed by atoms with Crippen LogP contribution in [0.5, 0.6) is 0 Å². The van der Waals surface area contributed by atoms with Crippen LogP contribution >= 0.6 is 0 Å². The normalized spacial score (nSPS) is 10.7. The standard InChI is InChI=1S/C15H16O4/c16-12(7-2-1-3-9-15(17)18)14-10-11-6-4-5-8-13(11)19-14/h4-6,8,10H,1-3,7,9H2,(H,17,18). The Morgan fingerprint density at radius 3 is 2.53 bits per heavy atom. The molecule has 0 amide bonds. The number of hydrogen-bond donors (Lipinski definition) is 1. The number of rotatable bonds is 7. The third-order valence-electron chi connectivity index (χ3n) is 2.99. The van der Waals surface area contributed by atoms with Gasteiger partial charge in [-0.1, -0.05) is 24.6 Å². The van der Waals surface area contributed by atoms with Gasteiger partial charge in [-0.25, -0.2) is 0 Å². The van der Waals surface area contributed by atoms with E-state index in [9.17, 15) is 9.59 Å². The number of aliphatic carboxylic acids is 1. The number of carbonyl (C=O) groups is 2. The van der Waals surface area contributed by atoms with Gasteiger partial charge >= 0.3 is 5.97 Å². The van der Waals surface area contributed by atoms with Crippen molar-refractivity contribution in [2.24, 2.45) is 0 Å². The molecule has 1 aromatic heterocycles. The van der Waals surface area contributed by atoms with E-state index in [0.717, 1.165) is 17.4 Å². The van der Waals surface area contributed by atoms with Crippen LogP contribution in [-0.2, 0) is 4.79 Å². The van der Waals surface area contributed by atoms with Crippen LogP contribution in [0.2, 0.25) is 0 Å². The van der Waals surface area contributed by atoms with Crippen molar-refractivity contribution in [1.29, 1.82) is 0 Å². The number of Topliss-reactive ketones (excluding diaryl/α,β-unsaturated/α-hetero) is 1. The van der Waals surface area contributed by atoms with Gasteiger partial charge in [0, 0.05) is 18.2 Å². The summed E-state index contributed by atoms with van der Waals surface area (Å²) in [5.41, 5.74) is 0.719. The zero-order valence-electron chi connectivity index (χ0n) is 10.6. The number of carboxylic acid groups (broad SMARTS) is 1. The molecule has 1 N–H and O–H groups in total. The Morgan fingerprint density at radius 2 is 1.79 bits per heavy atom. The van der Waals surface area contributed by atoms with Crippen molar-refractivity contribution in [3.8, 4) is 0 Å². The Balaban J connectivity index is 1.84. The van der Waals surface area contributed by atoms with Crippen LogP contribution in [0, 0.1) is 0 Å². The third kappa shape index (κ3) is 3.68. The van der Waals surface area contributed by atoms with Crippen LogP contribution in [0.15, 0.2) is 34.7 Å². The molecule has 2 rings (SSSR count). The van der Waals surface area contributed by atoms with Gasteiger partial charge in [0.05, 0.1) is 0 Å². The molecule has 1 heterocycles. The largest absolute Gasteiger partial charge is 0.481 e. The fourth-order valence-corrected chi connectivity index (χ4v) is 1.98. The molecule has 0 aliphatic rings. The monoisotopic (exact) mass is 260 g/mol. The Morgan fingerprint density at radius 1 is 1.05 bits per heavy atom. The molecule has 4 heteroatoms. The number of para-hydroxylation sites is 1. The Labute approximate surface area is 111 Å². The van der Waals surface area contributed by atoms with Gasteiger partial charge in [-0.2, -0.15) is 0 Å². The van der Waals surface area contributed by atoms with E-state index in [4.69, 9.17) is 9.52 Å². The van der Waals surface area contributed by atoms with E-state index in [1.54, 1.807) is 6.07 Å². The highest BCUT2D eigenvalue weighted by Gasteiger charge is 2.11. The molecule has 0 saturated carbocycles. The van der Waals surface area contributed by atoms with Crippen LogP contribution < -0.4 is 0 Å². The summed E-state index contributed by atoms with van der Waals surface area (Å²) in [6, 6.07) is 9.26. The minimum Gasteiger partial charge on any atom is -0.481 e. The van der Waals surface area contributed by atoms with Gasteiger partial charge in [-0.15, -0.1) is 0 Å². The molecule has 0 fully saturated rings. The van der Waals surface area contributed by atoms with Crippen LogP contribution in [-0.4, -0.2) is 16.9 Å². The van der Waals surface area contributed by atoms with E-state index in [2.05, 4.69) is 0 Å². The Bertz CT molecular complexity index is 550. The average molecular weight is 260 g/mol. The summed E-state index contributed by atoms with van der Waals surface area (Å²) in [4.78, 5) is 22.2. The van der Waals surface area contributed by atoms with Gasteiger partial charge in [0.25, 0.3) is 0 Å². The first-order valence-electron chi connectivity index (χ1n) is 6.40. The second kappa shape index (κ2) is 6.18. The van der Waals surface area contributed by atoms with Gasteiger partial charge in [-0.3, -0.25) is 9.59 Å². The highest BCUT2D eigenvalue weighted by molar-refractivity contribution is 5.97. The van der Waals surface area contributed by atoms with Gasteiger partial charge in [0.2, 0.25) is 0 Å². The molecule has 0 saturated heterocycles. The third-order valence-corrected chi connectivity index (χ3v) is 2.99. The topological polar surface area (TPSA) is 67.5 Å². The summed E-state index contributed by atoms with van der Waals surface area (Å²) < 4.78 is 5.48. The maximum absolute atomic E-state index is 11.9. The van der Waals surface area contributed by atoms with E-state index in [1.807, 2.05) is 24.3 Å². The fraction of sp³-hybridized carbons (Fsp3) is 0.333. The number of fused-ring (bicyclic) bond motifs is 1. The smallest absolute Gasteiger partial charge is 0.303 e. The number of hydrogen-bond acceptors (Lipinski definition) is 3. The molecule has 1 aromatic carbocycles. The summed E-state index contributed by atoms with van der Waals surface area (Å²) in [6.07, 6.45) is 2.63. The van der Waals surface area contributed by atoms with Crippen molar-refractivity contribution >= 4 is 22.7 Å². The molecule has 0 bridgehead atoms. The van der Waals surface area contributed by atoms with Crippen molar-refractivity contribution in [3.63, 3.8) is 0 Å². The second-order valence-electron chi connectivity index (χ2n) is 4.53. The van der Waals surface area contributed by atoms with Crippen molar-refractivity contribution in [2.45, 2.75) is 32.1 Å². The first kappa shape index (κ1) is 13.3. The van der Waals surface area contributed by atoms with Crippen LogP contribution in [0.3, 0.4) is 0 Å². The van der Waals surface area contributed by atoms with Crippen molar-refractivity contribution < 1.29 is 19.1 Å². The SMILES string of the molecule is O=C(O)CCCCCC(=O)c1cc2ccccc2o1. The maximum Gasteiger partial charge on any atom is 0.303 e. The number of ketones is 1. The molecule has 4 nitrogen and oxygen atoms in total. The molecule has 100 valence electrons. The van der Waals surface area contributed by atoms with Crippen molar-refractivity contribution in [2.75, 3.05) is 0 Å². The van der Waals surface area contributed by atoms with Crippen LogP contribution in [0.25, 0.3) is 11.0 Å². The predicted octanol–water partition coefficient (Wildman–Crippen LogP) is 3.65. The molecule has 0 aliphatic heterocycles. The van der Waals surface area contributed by atoms with E-state index in [-0.39, 0.29) is 12.2 Å². The summed E-state index contributed by atoms with van der Waals surface area (Å²) >= 11 is 0. The van der Waals surface area contributed by atoms with Gasteiger partial charge in [0.1, 0.15) is 5.58 Å². The minimum absolute atomic E-state index is 0.0217. The van der Waals surface area contributed by atoms with E-state index in [0.29, 0.717) is 25.0 Å². The number of unbranched alkanes of at least 4 members (excludes halogenated alkanes) is 2. The van der Waals surface area contributed by atoms with E-state index in [1.165, 1.54) is 0 Å². The summed E-state index contributed by atoms with van der Waals surface area (Å²) in [5.74, 6) is -0.422. The highest BCUT2D eigenvalue weighted by atomic mass is 16.4. The predicted molar refractivity (Wildman–Crippen MR) is 71.3 cm³/mol. The summed E-state index contributed by atoms with van der Waals surface area (Å²) in [7, 11) is 0. The molecule has 0 aliphatic carbocycles. The summed E-state index contributed by atoms with van der Waals surface area (Å²) in [6.45, 7) is 0. The van der Waals surface area contributed by atoms with Crippen LogP contribution in [0.1, 0.15) is 42.7 Å². The number of carboxylic acids is 1. The molecule has 19 heavy (non-hydrogen) atoms. The molecular formula is C15H16O4. The Kier molecular flexibility index (Phi) is 4.34. The van der Waals surface area contributed by atoms with E-state index >= 15 is 0 Å². The van der Waals surface area contributed by atoms with Crippen molar-refractivity contribution in [1.82, 2.24) is 0 Å². The van der Waals surface area contributed by atoms with Gasteiger partial charge < -0.3 is 9.52 Å². The minimum atomic E-state index is -0.788. The molecule has 0 atom stereocenters.